The summed E-state index contributed by atoms with van der Waals surface area (Å²) >= 11 is 0. The highest BCUT2D eigenvalue weighted by atomic mass is 14.4. The molecule has 0 aromatic carbocycles. The van der Waals surface area contributed by atoms with E-state index in [1.54, 1.807) is 0 Å². The summed E-state index contributed by atoms with van der Waals surface area (Å²) in [4.78, 5) is 0. The van der Waals surface area contributed by atoms with Gasteiger partial charge in [0.15, 0.2) is 0 Å². The van der Waals surface area contributed by atoms with Crippen molar-refractivity contribution in [3.63, 3.8) is 0 Å². The van der Waals surface area contributed by atoms with Gasteiger partial charge in [-0.2, -0.15) is 0 Å². The smallest absolute Gasteiger partial charge is 0.0300 e. The fraction of sp³-hybridized carbons (Fsp3) is 1.00. The lowest BCUT2D eigenvalue weighted by atomic mass is 9.62. The van der Waals surface area contributed by atoms with E-state index in [-0.39, 0.29) is 0 Å². The first kappa shape index (κ1) is 10.1. The zero-order valence-electron chi connectivity index (χ0n) is 9.35. The Morgan fingerprint density at radius 2 is 1.75 bits per heavy atom. The molecule has 0 amide bonds. The van der Waals surface area contributed by atoms with Gasteiger partial charge in [-0.1, -0.05) is 34.6 Å². The molecule has 1 aliphatic carbocycles. The van der Waals surface area contributed by atoms with Gasteiger partial charge in [0.1, 0.15) is 0 Å². The summed E-state index contributed by atoms with van der Waals surface area (Å²) in [5.41, 5.74) is 0.631. The van der Waals surface area contributed by atoms with Crippen LogP contribution in [0.5, 0.6) is 0 Å². The predicted octanol–water partition coefficient (Wildman–Crippen LogP) is 4.10. The Hall–Kier alpha value is 0. The van der Waals surface area contributed by atoms with Gasteiger partial charge < -0.3 is 0 Å². The number of hydrogen-bond acceptors (Lipinski definition) is 0. The van der Waals surface area contributed by atoms with E-state index in [1.807, 2.05) is 0 Å². The zero-order valence-corrected chi connectivity index (χ0v) is 9.35. The van der Waals surface area contributed by atoms with Gasteiger partial charge in [-0.05, 0) is 42.4 Å². The first-order valence-corrected chi connectivity index (χ1v) is 5.46. The van der Waals surface area contributed by atoms with Crippen LogP contribution in [-0.2, 0) is 0 Å². The Morgan fingerprint density at radius 1 is 1.17 bits per heavy atom. The second-order valence-corrected chi connectivity index (χ2v) is 5.51. The van der Waals surface area contributed by atoms with Crippen molar-refractivity contribution < 1.29 is 0 Å². The molecule has 0 aliphatic heterocycles. The molecule has 0 radical (unpaired) electrons. The molecule has 1 fully saturated rings. The number of rotatable bonds is 1. The summed E-state index contributed by atoms with van der Waals surface area (Å²) in [6.07, 6.45) is 4.32. The SMILES string of the molecule is CC1CCC(C)(C(C)C)CC1C. The molecule has 0 bridgehead atoms. The molecule has 12 heavy (non-hydrogen) atoms. The molecule has 0 spiro atoms. The Kier molecular flexibility index (Phi) is 2.85. The van der Waals surface area contributed by atoms with E-state index in [0.29, 0.717) is 5.41 Å². The van der Waals surface area contributed by atoms with Crippen molar-refractivity contribution in [3.8, 4) is 0 Å². The van der Waals surface area contributed by atoms with Crippen LogP contribution in [0, 0.1) is 23.2 Å². The summed E-state index contributed by atoms with van der Waals surface area (Å²) in [6, 6.07) is 0. The predicted molar refractivity (Wildman–Crippen MR) is 55.1 cm³/mol. The molecule has 1 rings (SSSR count). The van der Waals surface area contributed by atoms with Gasteiger partial charge in [0.25, 0.3) is 0 Å². The monoisotopic (exact) mass is 168 g/mol. The van der Waals surface area contributed by atoms with Crippen molar-refractivity contribution in [2.45, 2.75) is 53.9 Å². The van der Waals surface area contributed by atoms with Gasteiger partial charge in [0.2, 0.25) is 0 Å². The summed E-state index contributed by atoms with van der Waals surface area (Å²) in [5, 5.41) is 0. The molecular weight excluding hydrogens is 144 g/mol. The van der Waals surface area contributed by atoms with E-state index in [2.05, 4.69) is 34.6 Å². The molecule has 0 aromatic rings. The van der Waals surface area contributed by atoms with Crippen LogP contribution in [0.25, 0.3) is 0 Å². The van der Waals surface area contributed by atoms with E-state index in [4.69, 9.17) is 0 Å². The Morgan fingerprint density at radius 3 is 2.17 bits per heavy atom. The lowest BCUT2D eigenvalue weighted by Crippen LogP contribution is -2.33. The molecule has 0 saturated heterocycles. The van der Waals surface area contributed by atoms with Gasteiger partial charge in [-0.25, -0.2) is 0 Å². The molecule has 72 valence electrons. The van der Waals surface area contributed by atoms with Gasteiger partial charge >= 0.3 is 0 Å². The van der Waals surface area contributed by atoms with Crippen LogP contribution in [0.2, 0.25) is 0 Å². The second-order valence-electron chi connectivity index (χ2n) is 5.51. The lowest BCUT2D eigenvalue weighted by molar-refractivity contribution is 0.0754. The molecule has 3 unspecified atom stereocenters. The van der Waals surface area contributed by atoms with E-state index < -0.39 is 0 Å². The van der Waals surface area contributed by atoms with Crippen molar-refractivity contribution in [3.05, 3.63) is 0 Å². The van der Waals surface area contributed by atoms with E-state index >= 15 is 0 Å². The van der Waals surface area contributed by atoms with Gasteiger partial charge in [-0.15, -0.1) is 0 Å². The largest absolute Gasteiger partial charge is 0.0623 e. The fourth-order valence-corrected chi connectivity index (χ4v) is 2.41. The molecule has 0 N–H and O–H groups in total. The molecule has 0 heteroatoms. The average molecular weight is 168 g/mol. The van der Waals surface area contributed by atoms with Crippen molar-refractivity contribution in [1.29, 1.82) is 0 Å². The third-order valence-electron chi connectivity index (χ3n) is 4.32. The van der Waals surface area contributed by atoms with Crippen LogP contribution in [-0.4, -0.2) is 0 Å². The van der Waals surface area contributed by atoms with E-state index in [0.717, 1.165) is 17.8 Å². The highest BCUT2D eigenvalue weighted by molar-refractivity contribution is 4.86. The quantitative estimate of drug-likeness (QED) is 0.553. The molecular formula is C12H24. The van der Waals surface area contributed by atoms with Crippen LogP contribution in [0.15, 0.2) is 0 Å². The molecule has 1 aliphatic rings. The minimum atomic E-state index is 0.631. The highest BCUT2D eigenvalue weighted by Gasteiger charge is 2.35. The Balaban J connectivity index is 2.60. The first-order valence-electron chi connectivity index (χ1n) is 5.46. The molecule has 3 atom stereocenters. The van der Waals surface area contributed by atoms with Gasteiger partial charge in [0.05, 0.1) is 0 Å². The minimum Gasteiger partial charge on any atom is -0.0623 e. The molecule has 1 saturated carbocycles. The maximum absolute atomic E-state index is 2.47. The van der Waals surface area contributed by atoms with Crippen LogP contribution in [0.3, 0.4) is 0 Å². The van der Waals surface area contributed by atoms with E-state index in [9.17, 15) is 0 Å². The normalized spacial score (nSPS) is 43.5. The van der Waals surface area contributed by atoms with Crippen molar-refractivity contribution >= 4 is 0 Å². The maximum atomic E-state index is 2.47. The molecule has 0 aromatic heterocycles. The lowest BCUT2D eigenvalue weighted by Gasteiger charge is -2.43. The molecule has 0 nitrogen and oxygen atoms in total. The van der Waals surface area contributed by atoms with Crippen molar-refractivity contribution in [1.82, 2.24) is 0 Å². The van der Waals surface area contributed by atoms with Crippen LogP contribution in [0.1, 0.15) is 53.9 Å². The third kappa shape index (κ3) is 1.84. The summed E-state index contributed by atoms with van der Waals surface area (Å²) in [7, 11) is 0. The maximum Gasteiger partial charge on any atom is -0.0300 e. The van der Waals surface area contributed by atoms with Crippen molar-refractivity contribution in [2.24, 2.45) is 23.2 Å². The second kappa shape index (κ2) is 3.40. The van der Waals surface area contributed by atoms with Crippen LogP contribution < -0.4 is 0 Å². The first-order chi connectivity index (χ1) is 5.46. The Labute approximate surface area is 77.7 Å². The van der Waals surface area contributed by atoms with Gasteiger partial charge in [-0.3, -0.25) is 0 Å². The third-order valence-corrected chi connectivity index (χ3v) is 4.32. The minimum absolute atomic E-state index is 0.631. The fourth-order valence-electron chi connectivity index (χ4n) is 2.41. The van der Waals surface area contributed by atoms with Gasteiger partial charge in [0, 0.05) is 0 Å². The highest BCUT2D eigenvalue weighted by Crippen LogP contribution is 2.46. The van der Waals surface area contributed by atoms with Crippen LogP contribution in [0.4, 0.5) is 0 Å². The Bertz CT molecular complexity index is 148. The zero-order chi connectivity index (χ0) is 9.35. The summed E-state index contributed by atoms with van der Waals surface area (Å²) in [6.45, 7) is 12.1. The van der Waals surface area contributed by atoms with Crippen LogP contribution >= 0.6 is 0 Å². The van der Waals surface area contributed by atoms with Crippen molar-refractivity contribution in [2.75, 3.05) is 0 Å². The summed E-state index contributed by atoms with van der Waals surface area (Å²) < 4.78 is 0. The molecule has 0 heterocycles. The van der Waals surface area contributed by atoms with E-state index in [1.165, 1.54) is 19.3 Å². The number of hydrogen-bond donors (Lipinski definition) is 0. The average Bonchev–Trinajstić information content (AvgIpc) is 1.97. The summed E-state index contributed by atoms with van der Waals surface area (Å²) in [5.74, 6) is 2.75. The topological polar surface area (TPSA) is 0 Å². The standard InChI is InChI=1S/C12H24/c1-9(2)12(5)7-6-10(3)11(4)8-12/h9-11H,6-8H2,1-5H3.